The van der Waals surface area contributed by atoms with Gasteiger partial charge < -0.3 is 10.2 Å². The van der Waals surface area contributed by atoms with Crippen molar-refractivity contribution in [2.24, 2.45) is 5.92 Å². The summed E-state index contributed by atoms with van der Waals surface area (Å²) in [7, 11) is 2.03. The number of hydrogen-bond donors (Lipinski definition) is 1. The third-order valence-corrected chi connectivity index (χ3v) is 2.44. The molecule has 17 heavy (non-hydrogen) atoms. The number of nitrogens with one attached hydrogen (secondary N) is 1. The Morgan fingerprint density at radius 1 is 1.41 bits per heavy atom. The van der Waals surface area contributed by atoms with Crippen LogP contribution < -0.4 is 5.32 Å². The highest BCUT2D eigenvalue weighted by molar-refractivity contribution is 5.09. The van der Waals surface area contributed by atoms with Gasteiger partial charge in [-0.3, -0.25) is 4.98 Å². The van der Waals surface area contributed by atoms with Crippen molar-refractivity contribution in [3.8, 4) is 0 Å². The van der Waals surface area contributed by atoms with Gasteiger partial charge in [-0.05, 0) is 31.1 Å². The largest absolute Gasteiger partial charge is 0.315 e. The number of hydrogen-bond acceptors (Lipinski definition) is 3. The van der Waals surface area contributed by atoms with Gasteiger partial charge in [0, 0.05) is 25.8 Å². The first kappa shape index (κ1) is 14.1. The van der Waals surface area contributed by atoms with Crippen LogP contribution in [0.25, 0.3) is 0 Å². The predicted molar refractivity (Wildman–Crippen MR) is 68.2 cm³/mol. The number of rotatable bonds is 7. The van der Waals surface area contributed by atoms with E-state index in [1.54, 1.807) is 6.20 Å². The maximum atomic E-state index is 12.9. The zero-order valence-corrected chi connectivity index (χ0v) is 10.9. The van der Waals surface area contributed by atoms with Crippen molar-refractivity contribution >= 4 is 0 Å². The van der Waals surface area contributed by atoms with E-state index in [-0.39, 0.29) is 5.82 Å². The van der Waals surface area contributed by atoms with Crippen LogP contribution in [0.5, 0.6) is 0 Å². The zero-order valence-electron chi connectivity index (χ0n) is 10.9. The van der Waals surface area contributed by atoms with E-state index in [0.29, 0.717) is 5.92 Å². The Morgan fingerprint density at radius 2 is 2.18 bits per heavy atom. The lowest BCUT2D eigenvalue weighted by molar-refractivity contribution is 0.321. The van der Waals surface area contributed by atoms with Gasteiger partial charge in [0.25, 0.3) is 0 Å². The Hall–Kier alpha value is -1.00. The molecule has 0 spiro atoms. The Labute approximate surface area is 103 Å². The molecule has 0 bridgehead atoms. The van der Waals surface area contributed by atoms with Crippen molar-refractivity contribution < 1.29 is 4.39 Å². The van der Waals surface area contributed by atoms with Crippen molar-refractivity contribution in [1.29, 1.82) is 0 Å². The molecular formula is C13H22FN3. The van der Waals surface area contributed by atoms with Crippen LogP contribution in [0.3, 0.4) is 0 Å². The van der Waals surface area contributed by atoms with Crippen molar-refractivity contribution in [1.82, 2.24) is 15.2 Å². The van der Waals surface area contributed by atoms with E-state index in [2.05, 4.69) is 29.0 Å². The molecular weight excluding hydrogens is 217 g/mol. The quantitative estimate of drug-likeness (QED) is 0.737. The smallest absolute Gasteiger partial charge is 0.141 e. The second-order valence-electron chi connectivity index (χ2n) is 4.85. The number of nitrogens with zero attached hydrogens (tertiary/aromatic N) is 2. The molecule has 3 nitrogen and oxygen atoms in total. The lowest BCUT2D eigenvalue weighted by atomic mass is 10.2. The molecule has 96 valence electrons. The summed E-state index contributed by atoms with van der Waals surface area (Å²) in [6, 6.07) is 1.53. The van der Waals surface area contributed by atoms with Crippen LogP contribution in [-0.2, 0) is 6.54 Å². The third kappa shape index (κ3) is 6.34. The number of halogens is 1. The molecule has 0 saturated carbocycles. The van der Waals surface area contributed by atoms with E-state index in [0.717, 1.165) is 31.7 Å². The van der Waals surface area contributed by atoms with Crippen LogP contribution in [-0.4, -0.2) is 36.6 Å². The molecule has 1 rings (SSSR count). The lowest BCUT2D eigenvalue weighted by Crippen LogP contribution is -2.30. The summed E-state index contributed by atoms with van der Waals surface area (Å²) < 4.78 is 12.9. The maximum Gasteiger partial charge on any atom is 0.141 e. The molecule has 0 radical (unpaired) electrons. The first-order valence-corrected chi connectivity index (χ1v) is 6.06. The zero-order chi connectivity index (χ0) is 12.7. The molecule has 0 aliphatic rings. The van der Waals surface area contributed by atoms with Crippen LogP contribution in [0.1, 0.15) is 19.4 Å². The van der Waals surface area contributed by atoms with Crippen LogP contribution in [0.2, 0.25) is 0 Å². The number of likely N-dealkylation sites (N-methyl/N-ethyl adjacent to an activating group) is 1. The fourth-order valence-electron chi connectivity index (χ4n) is 1.59. The summed E-state index contributed by atoms with van der Waals surface area (Å²) >= 11 is 0. The molecule has 0 aliphatic heterocycles. The van der Waals surface area contributed by atoms with E-state index in [1.165, 1.54) is 12.3 Å². The minimum absolute atomic E-state index is 0.270. The molecule has 0 aromatic carbocycles. The van der Waals surface area contributed by atoms with Crippen LogP contribution in [0, 0.1) is 11.7 Å². The van der Waals surface area contributed by atoms with Crippen LogP contribution in [0.4, 0.5) is 4.39 Å². The number of aromatic nitrogens is 1. The highest BCUT2D eigenvalue weighted by Crippen LogP contribution is 2.03. The van der Waals surface area contributed by atoms with Gasteiger partial charge in [-0.1, -0.05) is 13.8 Å². The van der Waals surface area contributed by atoms with Gasteiger partial charge in [0.1, 0.15) is 5.82 Å². The Balaban J connectivity index is 2.23. The molecule has 1 N–H and O–H groups in total. The molecule has 0 saturated heterocycles. The summed E-state index contributed by atoms with van der Waals surface area (Å²) in [5.41, 5.74) is 0.913. The normalized spacial score (nSPS) is 11.4. The Bertz CT molecular complexity index is 328. The topological polar surface area (TPSA) is 28.2 Å². The molecule has 1 aromatic rings. The molecule has 0 aliphatic carbocycles. The van der Waals surface area contributed by atoms with Gasteiger partial charge in [0.15, 0.2) is 0 Å². The SMILES string of the molecule is CC(C)CNCCN(C)Cc1cncc(F)c1. The van der Waals surface area contributed by atoms with Gasteiger partial charge in [-0.25, -0.2) is 4.39 Å². The standard InChI is InChI=1S/C13H22FN3/c1-11(2)7-15-4-5-17(3)10-12-6-13(14)9-16-8-12/h6,8-9,11,15H,4-5,7,10H2,1-3H3. The Kier molecular flexibility index (Phi) is 6.08. The second-order valence-corrected chi connectivity index (χ2v) is 4.85. The summed E-state index contributed by atoms with van der Waals surface area (Å²) in [4.78, 5) is 6.00. The highest BCUT2D eigenvalue weighted by Gasteiger charge is 2.02. The van der Waals surface area contributed by atoms with Gasteiger partial charge in [-0.2, -0.15) is 0 Å². The van der Waals surface area contributed by atoms with Gasteiger partial charge in [-0.15, -0.1) is 0 Å². The van der Waals surface area contributed by atoms with Gasteiger partial charge >= 0.3 is 0 Å². The van der Waals surface area contributed by atoms with E-state index >= 15 is 0 Å². The Morgan fingerprint density at radius 3 is 2.82 bits per heavy atom. The minimum atomic E-state index is -0.270. The first-order valence-electron chi connectivity index (χ1n) is 6.06. The lowest BCUT2D eigenvalue weighted by Gasteiger charge is -2.17. The highest BCUT2D eigenvalue weighted by atomic mass is 19.1. The van der Waals surface area contributed by atoms with Crippen LogP contribution in [0.15, 0.2) is 18.5 Å². The second kappa shape index (κ2) is 7.35. The van der Waals surface area contributed by atoms with Crippen molar-refractivity contribution in [3.63, 3.8) is 0 Å². The average molecular weight is 239 g/mol. The van der Waals surface area contributed by atoms with E-state index in [4.69, 9.17) is 0 Å². The molecule has 4 heteroatoms. The fraction of sp³-hybridized carbons (Fsp3) is 0.615. The average Bonchev–Trinajstić information content (AvgIpc) is 2.24. The number of pyridine rings is 1. The van der Waals surface area contributed by atoms with E-state index in [1.807, 2.05) is 7.05 Å². The van der Waals surface area contributed by atoms with Crippen molar-refractivity contribution in [2.45, 2.75) is 20.4 Å². The van der Waals surface area contributed by atoms with Gasteiger partial charge in [0.2, 0.25) is 0 Å². The van der Waals surface area contributed by atoms with Crippen molar-refractivity contribution in [3.05, 3.63) is 29.8 Å². The van der Waals surface area contributed by atoms with E-state index in [9.17, 15) is 4.39 Å². The molecule has 0 atom stereocenters. The monoisotopic (exact) mass is 239 g/mol. The van der Waals surface area contributed by atoms with Crippen molar-refractivity contribution in [2.75, 3.05) is 26.7 Å². The minimum Gasteiger partial charge on any atom is -0.315 e. The molecule has 1 aromatic heterocycles. The van der Waals surface area contributed by atoms with Crippen LogP contribution >= 0.6 is 0 Å². The van der Waals surface area contributed by atoms with Gasteiger partial charge in [0.05, 0.1) is 6.20 Å². The third-order valence-electron chi connectivity index (χ3n) is 2.44. The fourth-order valence-corrected chi connectivity index (χ4v) is 1.59. The summed E-state index contributed by atoms with van der Waals surface area (Å²) in [5.74, 6) is 0.404. The van der Waals surface area contributed by atoms with E-state index < -0.39 is 0 Å². The molecule has 0 amide bonds. The summed E-state index contributed by atoms with van der Waals surface area (Å²) in [6.45, 7) is 8.05. The summed E-state index contributed by atoms with van der Waals surface area (Å²) in [6.07, 6.45) is 2.94. The summed E-state index contributed by atoms with van der Waals surface area (Å²) in [5, 5.41) is 3.38. The molecule has 1 heterocycles. The first-order chi connectivity index (χ1) is 8.08. The maximum absolute atomic E-state index is 12.9. The molecule has 0 fully saturated rings. The predicted octanol–water partition coefficient (Wildman–Crippen LogP) is 1.90. The molecule has 0 unspecified atom stereocenters.